The van der Waals surface area contributed by atoms with Crippen molar-refractivity contribution in [1.29, 1.82) is 0 Å². The van der Waals surface area contributed by atoms with Gasteiger partial charge in [0.05, 0.1) is 10.6 Å². The van der Waals surface area contributed by atoms with Gasteiger partial charge < -0.3 is 10.2 Å². The van der Waals surface area contributed by atoms with Gasteiger partial charge in [-0.05, 0) is 73.9 Å². The maximum atomic E-state index is 14.0. The van der Waals surface area contributed by atoms with E-state index in [0.29, 0.717) is 0 Å². The van der Waals surface area contributed by atoms with Crippen LogP contribution in [0, 0.1) is 5.82 Å². The number of nitrogens with one attached hydrogen (secondary N) is 1. The number of para-hydroxylation sites is 1. The highest BCUT2D eigenvalue weighted by molar-refractivity contribution is 9.10. The molecule has 0 saturated heterocycles. The Morgan fingerprint density at radius 1 is 0.975 bits per heavy atom. The molecule has 1 atom stereocenters. The number of carbonyl (C=O) groups excluding carboxylic acids is 2. The molecule has 10 heteroatoms. The van der Waals surface area contributed by atoms with E-state index in [1.165, 1.54) is 17.0 Å². The van der Waals surface area contributed by atoms with Gasteiger partial charge in [-0.25, -0.2) is 12.8 Å². The summed E-state index contributed by atoms with van der Waals surface area (Å²) in [6, 6.07) is 19.4. The van der Waals surface area contributed by atoms with Crippen molar-refractivity contribution in [3.05, 3.63) is 94.7 Å². The first-order valence-corrected chi connectivity index (χ1v) is 15.6. The second kappa shape index (κ2) is 13.4. The number of halogens is 2. The number of amides is 2. The van der Waals surface area contributed by atoms with Gasteiger partial charge in [-0.1, -0.05) is 65.5 Å². The monoisotopic (exact) mass is 629 g/mol. The van der Waals surface area contributed by atoms with Crippen LogP contribution in [0.5, 0.6) is 0 Å². The van der Waals surface area contributed by atoms with Crippen LogP contribution >= 0.6 is 15.9 Å². The second-order valence-electron chi connectivity index (χ2n) is 9.97. The maximum absolute atomic E-state index is 14.0. The summed E-state index contributed by atoms with van der Waals surface area (Å²) >= 11 is 3.45. The first kappa shape index (κ1) is 29.7. The van der Waals surface area contributed by atoms with E-state index in [2.05, 4.69) is 21.2 Å². The van der Waals surface area contributed by atoms with E-state index < -0.39 is 34.3 Å². The van der Waals surface area contributed by atoms with E-state index in [0.717, 1.165) is 58.6 Å². The largest absolute Gasteiger partial charge is 0.352 e. The predicted molar refractivity (Wildman–Crippen MR) is 157 cm³/mol. The summed E-state index contributed by atoms with van der Waals surface area (Å²) in [5.74, 6) is -1.39. The number of hydrogen-bond acceptors (Lipinski definition) is 4. The highest BCUT2D eigenvalue weighted by Crippen LogP contribution is 2.25. The topological polar surface area (TPSA) is 86.8 Å². The lowest BCUT2D eigenvalue weighted by molar-refractivity contribution is -0.139. The molecule has 40 heavy (non-hydrogen) atoms. The molecule has 0 aromatic heterocycles. The van der Waals surface area contributed by atoms with Crippen LogP contribution in [-0.2, 0) is 26.2 Å². The number of carbonyl (C=O) groups is 2. The van der Waals surface area contributed by atoms with Crippen molar-refractivity contribution in [2.45, 2.75) is 62.6 Å². The summed E-state index contributed by atoms with van der Waals surface area (Å²) in [6.45, 7) is 1.23. The standard InChI is InChI=1S/C30H33BrFN3O4S/c1-22(30(37)33-26-11-4-2-5-12-26)34(20-23-9-8-10-24(31)19-23)29(36)21-35(27-13-6-3-7-14-27)40(38,39)28-17-15-25(32)16-18-28/h3,6-10,13-19,22,26H,2,4-5,11-12,20-21H2,1H3,(H,33,37). The summed E-state index contributed by atoms with van der Waals surface area (Å²) in [6.07, 6.45) is 5.04. The Hall–Kier alpha value is -3.24. The molecule has 3 aromatic carbocycles. The minimum atomic E-state index is -4.24. The molecule has 1 unspecified atom stereocenters. The lowest BCUT2D eigenvalue weighted by Crippen LogP contribution is -2.53. The zero-order valence-electron chi connectivity index (χ0n) is 22.3. The average molecular weight is 631 g/mol. The highest BCUT2D eigenvalue weighted by atomic mass is 79.9. The zero-order chi connectivity index (χ0) is 28.7. The fourth-order valence-electron chi connectivity index (χ4n) is 4.84. The first-order valence-electron chi connectivity index (χ1n) is 13.3. The Morgan fingerprint density at radius 2 is 1.65 bits per heavy atom. The lowest BCUT2D eigenvalue weighted by atomic mass is 9.95. The maximum Gasteiger partial charge on any atom is 0.264 e. The van der Waals surface area contributed by atoms with Crippen molar-refractivity contribution < 1.29 is 22.4 Å². The fourth-order valence-corrected chi connectivity index (χ4v) is 6.70. The molecule has 2 amide bonds. The smallest absolute Gasteiger partial charge is 0.264 e. The predicted octanol–water partition coefficient (Wildman–Crippen LogP) is 5.65. The van der Waals surface area contributed by atoms with E-state index in [1.807, 2.05) is 24.3 Å². The second-order valence-corrected chi connectivity index (χ2v) is 12.8. The molecule has 3 aromatic rings. The molecule has 4 rings (SSSR count). The van der Waals surface area contributed by atoms with Crippen molar-refractivity contribution in [2.75, 3.05) is 10.8 Å². The number of sulfonamides is 1. The van der Waals surface area contributed by atoms with Crippen molar-refractivity contribution in [1.82, 2.24) is 10.2 Å². The quantitative estimate of drug-likeness (QED) is 0.314. The van der Waals surface area contributed by atoms with E-state index in [1.54, 1.807) is 37.3 Å². The van der Waals surface area contributed by atoms with Crippen molar-refractivity contribution >= 4 is 43.5 Å². The molecule has 1 N–H and O–H groups in total. The summed E-state index contributed by atoms with van der Waals surface area (Å²) in [7, 11) is -4.24. The minimum absolute atomic E-state index is 0.0613. The third-order valence-corrected chi connectivity index (χ3v) is 9.37. The molecule has 1 aliphatic carbocycles. The summed E-state index contributed by atoms with van der Waals surface area (Å²) in [4.78, 5) is 28.6. The molecule has 1 fully saturated rings. The zero-order valence-corrected chi connectivity index (χ0v) is 24.7. The number of rotatable bonds is 10. The molecular weight excluding hydrogens is 597 g/mol. The van der Waals surface area contributed by atoms with Crippen molar-refractivity contribution in [3.63, 3.8) is 0 Å². The molecule has 212 valence electrons. The Bertz CT molecular complexity index is 1410. The van der Waals surface area contributed by atoms with Gasteiger partial charge in [0.1, 0.15) is 18.4 Å². The van der Waals surface area contributed by atoms with E-state index in [4.69, 9.17) is 0 Å². The minimum Gasteiger partial charge on any atom is -0.352 e. The van der Waals surface area contributed by atoms with Crippen LogP contribution in [-0.4, -0.2) is 43.8 Å². The molecule has 7 nitrogen and oxygen atoms in total. The SMILES string of the molecule is CC(C(=O)NC1CCCCC1)N(Cc1cccc(Br)c1)C(=O)CN(c1ccccc1)S(=O)(=O)c1ccc(F)cc1. The highest BCUT2D eigenvalue weighted by Gasteiger charge is 2.33. The molecule has 1 aliphatic rings. The molecule has 0 aliphatic heterocycles. The summed E-state index contributed by atoms with van der Waals surface area (Å²) in [5, 5.41) is 3.09. The van der Waals surface area contributed by atoms with Gasteiger partial charge in [0.25, 0.3) is 10.0 Å². The number of nitrogens with zero attached hydrogens (tertiary/aromatic N) is 2. The van der Waals surface area contributed by atoms with Gasteiger partial charge in [-0.3, -0.25) is 13.9 Å². The summed E-state index contributed by atoms with van der Waals surface area (Å²) < 4.78 is 42.8. The fraction of sp³-hybridized carbons (Fsp3) is 0.333. The molecule has 0 spiro atoms. The van der Waals surface area contributed by atoms with Crippen LogP contribution < -0.4 is 9.62 Å². The van der Waals surface area contributed by atoms with Gasteiger partial charge in [-0.15, -0.1) is 0 Å². The molecule has 0 radical (unpaired) electrons. The van der Waals surface area contributed by atoms with Crippen LogP contribution in [0.3, 0.4) is 0 Å². The Kier molecular flexibility index (Phi) is 9.97. The molecular formula is C30H33BrFN3O4S. The van der Waals surface area contributed by atoms with Crippen LogP contribution in [0.4, 0.5) is 10.1 Å². The van der Waals surface area contributed by atoms with Crippen molar-refractivity contribution in [3.8, 4) is 0 Å². The first-order chi connectivity index (χ1) is 19.1. The Balaban J connectivity index is 1.65. The number of anilines is 1. The van der Waals surface area contributed by atoms with Crippen LogP contribution in [0.25, 0.3) is 0 Å². The van der Waals surface area contributed by atoms with Crippen molar-refractivity contribution in [2.24, 2.45) is 0 Å². The van der Waals surface area contributed by atoms with Crippen LogP contribution in [0.2, 0.25) is 0 Å². The van der Waals surface area contributed by atoms with Gasteiger partial charge in [0, 0.05) is 17.1 Å². The third kappa shape index (κ3) is 7.48. The Labute approximate surface area is 243 Å². The number of hydrogen-bond donors (Lipinski definition) is 1. The van der Waals surface area contributed by atoms with E-state index >= 15 is 0 Å². The van der Waals surface area contributed by atoms with Crippen LogP contribution in [0.15, 0.2) is 88.2 Å². The third-order valence-electron chi connectivity index (χ3n) is 7.09. The van der Waals surface area contributed by atoms with E-state index in [9.17, 15) is 22.4 Å². The normalized spacial score (nSPS) is 14.8. The van der Waals surface area contributed by atoms with Gasteiger partial charge in [0.15, 0.2) is 0 Å². The van der Waals surface area contributed by atoms with Gasteiger partial charge in [0.2, 0.25) is 11.8 Å². The van der Waals surface area contributed by atoms with E-state index in [-0.39, 0.29) is 29.1 Å². The molecule has 0 heterocycles. The lowest BCUT2D eigenvalue weighted by Gasteiger charge is -2.33. The molecule has 0 bridgehead atoms. The average Bonchev–Trinajstić information content (AvgIpc) is 2.95. The summed E-state index contributed by atoms with van der Waals surface area (Å²) in [5.41, 5.74) is 1.06. The number of benzene rings is 3. The van der Waals surface area contributed by atoms with Gasteiger partial charge in [-0.2, -0.15) is 0 Å². The molecule has 1 saturated carbocycles. The van der Waals surface area contributed by atoms with Crippen LogP contribution in [0.1, 0.15) is 44.6 Å². The Morgan fingerprint density at radius 3 is 2.30 bits per heavy atom. The van der Waals surface area contributed by atoms with Gasteiger partial charge >= 0.3 is 0 Å².